The van der Waals surface area contributed by atoms with Gasteiger partial charge in [0, 0.05) is 37.0 Å². The van der Waals surface area contributed by atoms with E-state index >= 15 is 0 Å². The van der Waals surface area contributed by atoms with Crippen molar-refractivity contribution in [1.29, 1.82) is 0 Å². The van der Waals surface area contributed by atoms with Gasteiger partial charge in [-0.2, -0.15) is 4.98 Å². The van der Waals surface area contributed by atoms with Crippen LogP contribution in [0.2, 0.25) is 0 Å². The van der Waals surface area contributed by atoms with E-state index < -0.39 is 0 Å². The number of aryl methyl sites for hydroxylation is 1. The molecule has 2 N–H and O–H groups in total. The van der Waals surface area contributed by atoms with Crippen molar-refractivity contribution >= 4 is 5.82 Å². The van der Waals surface area contributed by atoms with Crippen LogP contribution in [0.25, 0.3) is 0 Å². The monoisotopic (exact) mass is 262 g/mol. The summed E-state index contributed by atoms with van der Waals surface area (Å²) in [6.07, 6.45) is 4.14. The normalized spacial score (nSPS) is 11.2. The summed E-state index contributed by atoms with van der Waals surface area (Å²) in [5.41, 5.74) is 7.07. The first-order valence-corrected chi connectivity index (χ1v) is 6.27. The fraction of sp³-hybridized carbons (Fsp3) is 0.500. The molecule has 0 aromatic carbocycles. The van der Waals surface area contributed by atoms with E-state index in [2.05, 4.69) is 15.3 Å². The van der Waals surface area contributed by atoms with Crippen LogP contribution in [-0.4, -0.2) is 24.5 Å². The minimum atomic E-state index is -0.325. The molecule has 0 aliphatic carbocycles. The molecule has 0 radical (unpaired) electrons. The van der Waals surface area contributed by atoms with Crippen LogP contribution >= 0.6 is 0 Å². The van der Waals surface area contributed by atoms with Crippen molar-refractivity contribution in [3.8, 4) is 0 Å². The summed E-state index contributed by atoms with van der Waals surface area (Å²) in [4.78, 5) is 15.5. The van der Waals surface area contributed by atoms with Gasteiger partial charge in [0.2, 0.25) is 0 Å². The van der Waals surface area contributed by atoms with Crippen molar-refractivity contribution in [3.63, 3.8) is 0 Å². The van der Waals surface area contributed by atoms with Crippen molar-refractivity contribution in [3.05, 3.63) is 34.1 Å². The summed E-state index contributed by atoms with van der Waals surface area (Å²) in [7, 11) is 0. The first kappa shape index (κ1) is 13.3. The Balaban J connectivity index is 2.34. The van der Waals surface area contributed by atoms with E-state index in [0.717, 1.165) is 17.8 Å². The van der Waals surface area contributed by atoms with Crippen molar-refractivity contribution in [2.45, 2.75) is 39.8 Å². The number of nitrogens with two attached hydrogens (primary N) is 1. The third-order valence-corrected chi connectivity index (χ3v) is 2.90. The van der Waals surface area contributed by atoms with Gasteiger partial charge >= 0.3 is 5.69 Å². The Bertz CT molecular complexity index is 627. The van der Waals surface area contributed by atoms with Gasteiger partial charge in [-0.1, -0.05) is 5.21 Å². The van der Waals surface area contributed by atoms with Gasteiger partial charge in [0.05, 0.1) is 5.69 Å². The zero-order chi connectivity index (χ0) is 14.0. The second-order valence-corrected chi connectivity index (χ2v) is 4.68. The van der Waals surface area contributed by atoms with Gasteiger partial charge in [-0.05, 0) is 20.8 Å². The van der Waals surface area contributed by atoms with Gasteiger partial charge in [0.15, 0.2) is 0 Å². The van der Waals surface area contributed by atoms with Crippen LogP contribution in [0.1, 0.15) is 38.1 Å². The third kappa shape index (κ3) is 2.81. The number of nitrogen functional groups attached to an aromatic ring is 1. The second kappa shape index (κ2) is 5.21. The standard InChI is InChI=1S/C12H18N6O/c1-4-17-7-10(15-16-17)5-9-6-18(8(2)3)12(19)14-11(9)13/h6-8H,4-5H2,1-3H3,(H2,13,14,19). The lowest BCUT2D eigenvalue weighted by Crippen LogP contribution is -2.26. The Labute approximate surface area is 111 Å². The Kier molecular flexibility index (Phi) is 3.64. The molecule has 0 unspecified atom stereocenters. The Morgan fingerprint density at radius 1 is 1.37 bits per heavy atom. The molecule has 0 aliphatic heterocycles. The van der Waals surface area contributed by atoms with Crippen molar-refractivity contribution in [2.24, 2.45) is 0 Å². The SMILES string of the molecule is CCn1cc(Cc2cn(C(C)C)c(=O)nc2N)nn1. The lowest BCUT2D eigenvalue weighted by molar-refractivity contribution is 0.561. The van der Waals surface area contributed by atoms with Crippen molar-refractivity contribution in [2.75, 3.05) is 5.73 Å². The van der Waals surface area contributed by atoms with Gasteiger partial charge in [-0.15, -0.1) is 5.10 Å². The molecule has 19 heavy (non-hydrogen) atoms. The van der Waals surface area contributed by atoms with E-state index in [1.807, 2.05) is 27.0 Å². The molecule has 0 bridgehead atoms. The summed E-state index contributed by atoms with van der Waals surface area (Å²) in [5, 5.41) is 8.04. The summed E-state index contributed by atoms with van der Waals surface area (Å²) in [6.45, 7) is 6.62. The molecule has 2 aromatic rings. The Morgan fingerprint density at radius 2 is 2.11 bits per heavy atom. The van der Waals surface area contributed by atoms with Crippen LogP contribution in [-0.2, 0) is 13.0 Å². The van der Waals surface area contributed by atoms with Crippen LogP contribution in [0.3, 0.4) is 0 Å². The molecule has 2 rings (SSSR count). The number of hydrogen-bond donors (Lipinski definition) is 1. The smallest absolute Gasteiger partial charge is 0.349 e. The number of hydrogen-bond acceptors (Lipinski definition) is 5. The molecule has 0 saturated carbocycles. The molecular formula is C12H18N6O. The molecule has 7 nitrogen and oxygen atoms in total. The largest absolute Gasteiger partial charge is 0.383 e. The Hall–Kier alpha value is -2.18. The van der Waals surface area contributed by atoms with Gasteiger partial charge in [-0.25, -0.2) is 4.79 Å². The minimum Gasteiger partial charge on any atom is -0.383 e. The molecule has 0 atom stereocenters. The van der Waals surface area contributed by atoms with Gasteiger partial charge in [-0.3, -0.25) is 9.25 Å². The topological polar surface area (TPSA) is 91.6 Å². The highest BCUT2D eigenvalue weighted by Crippen LogP contribution is 2.12. The van der Waals surface area contributed by atoms with E-state index in [0.29, 0.717) is 6.42 Å². The van der Waals surface area contributed by atoms with Crippen LogP contribution in [0.5, 0.6) is 0 Å². The zero-order valence-electron chi connectivity index (χ0n) is 11.4. The predicted octanol–water partition coefficient (Wildman–Crippen LogP) is 0.609. The van der Waals surface area contributed by atoms with Gasteiger partial charge in [0.1, 0.15) is 5.82 Å². The number of anilines is 1. The predicted molar refractivity (Wildman–Crippen MR) is 71.8 cm³/mol. The van der Waals surface area contributed by atoms with E-state index in [9.17, 15) is 4.79 Å². The van der Waals surface area contributed by atoms with Crippen molar-refractivity contribution in [1.82, 2.24) is 24.5 Å². The van der Waals surface area contributed by atoms with E-state index in [4.69, 9.17) is 5.73 Å². The summed E-state index contributed by atoms with van der Waals surface area (Å²) in [5.74, 6) is 0.257. The molecule has 0 aliphatic rings. The fourth-order valence-corrected chi connectivity index (χ4v) is 1.80. The van der Waals surface area contributed by atoms with Crippen LogP contribution in [0, 0.1) is 0 Å². The quantitative estimate of drug-likeness (QED) is 0.871. The molecule has 0 spiro atoms. The summed E-state index contributed by atoms with van der Waals surface area (Å²) < 4.78 is 3.31. The van der Waals surface area contributed by atoms with Gasteiger partial charge < -0.3 is 5.73 Å². The highest BCUT2D eigenvalue weighted by Gasteiger charge is 2.10. The summed E-state index contributed by atoms with van der Waals surface area (Å²) in [6, 6.07) is 0.0469. The minimum absolute atomic E-state index is 0.0469. The lowest BCUT2D eigenvalue weighted by atomic mass is 10.2. The molecule has 2 heterocycles. The van der Waals surface area contributed by atoms with E-state index in [1.165, 1.54) is 0 Å². The molecule has 0 amide bonds. The molecule has 0 fully saturated rings. The highest BCUT2D eigenvalue weighted by atomic mass is 16.1. The first-order valence-electron chi connectivity index (χ1n) is 6.27. The highest BCUT2D eigenvalue weighted by molar-refractivity contribution is 5.39. The molecule has 7 heteroatoms. The van der Waals surface area contributed by atoms with Crippen LogP contribution in [0.15, 0.2) is 17.2 Å². The molecule has 2 aromatic heterocycles. The molecule has 0 saturated heterocycles. The summed E-state index contributed by atoms with van der Waals surface area (Å²) >= 11 is 0. The van der Waals surface area contributed by atoms with Gasteiger partial charge in [0.25, 0.3) is 0 Å². The van der Waals surface area contributed by atoms with Crippen molar-refractivity contribution < 1.29 is 0 Å². The second-order valence-electron chi connectivity index (χ2n) is 4.68. The molecular weight excluding hydrogens is 244 g/mol. The molecule has 102 valence electrons. The third-order valence-electron chi connectivity index (χ3n) is 2.90. The average molecular weight is 262 g/mol. The fourth-order valence-electron chi connectivity index (χ4n) is 1.80. The average Bonchev–Trinajstić information content (AvgIpc) is 2.80. The number of nitrogens with zero attached hydrogens (tertiary/aromatic N) is 5. The zero-order valence-corrected chi connectivity index (χ0v) is 11.4. The van der Waals surface area contributed by atoms with E-state index in [-0.39, 0.29) is 17.5 Å². The first-order chi connectivity index (χ1) is 9.01. The maximum absolute atomic E-state index is 11.7. The number of rotatable bonds is 4. The van der Waals surface area contributed by atoms with E-state index in [1.54, 1.807) is 15.4 Å². The Morgan fingerprint density at radius 3 is 2.68 bits per heavy atom. The maximum Gasteiger partial charge on any atom is 0.349 e. The lowest BCUT2D eigenvalue weighted by Gasteiger charge is -2.11. The van der Waals surface area contributed by atoms with Crippen LogP contribution < -0.4 is 11.4 Å². The maximum atomic E-state index is 11.7. The van der Waals surface area contributed by atoms with Crippen LogP contribution in [0.4, 0.5) is 5.82 Å². The number of aromatic nitrogens is 5.